The van der Waals surface area contributed by atoms with Crippen LogP contribution in [0.15, 0.2) is 30.3 Å². The molecule has 0 atom stereocenters. The van der Waals surface area contributed by atoms with E-state index in [0.29, 0.717) is 25.5 Å². The van der Waals surface area contributed by atoms with Crippen molar-refractivity contribution in [3.8, 4) is 0 Å². The molecular weight excluding hydrogens is 314 g/mol. The van der Waals surface area contributed by atoms with E-state index in [1.54, 1.807) is 6.92 Å². The first-order valence-corrected chi connectivity index (χ1v) is 9.35. The number of hydrogen-bond acceptors (Lipinski definition) is 5. The third-order valence-corrected chi connectivity index (χ3v) is 6.03. The highest BCUT2D eigenvalue weighted by molar-refractivity contribution is 7.89. The van der Waals surface area contributed by atoms with Crippen LogP contribution >= 0.6 is 0 Å². The van der Waals surface area contributed by atoms with E-state index in [-0.39, 0.29) is 18.3 Å². The van der Waals surface area contributed by atoms with E-state index < -0.39 is 10.0 Å². The highest BCUT2D eigenvalue weighted by atomic mass is 32.2. The van der Waals surface area contributed by atoms with Crippen LogP contribution in [0.4, 0.5) is 5.82 Å². The van der Waals surface area contributed by atoms with E-state index in [4.69, 9.17) is 0 Å². The number of benzene rings is 1. The summed E-state index contributed by atoms with van der Waals surface area (Å²) in [6.45, 7) is 3.32. The average molecular weight is 335 g/mol. The molecule has 7 heteroatoms. The number of anilines is 1. The van der Waals surface area contributed by atoms with Gasteiger partial charge in [0.05, 0.1) is 17.9 Å². The van der Waals surface area contributed by atoms with E-state index in [2.05, 4.69) is 10.3 Å². The lowest BCUT2D eigenvalue weighted by Crippen LogP contribution is -2.52. The highest BCUT2D eigenvalue weighted by Crippen LogP contribution is 2.23. The average Bonchev–Trinajstić information content (AvgIpc) is 2.52. The molecule has 3 rings (SSSR count). The number of aliphatic hydroxyl groups is 1. The molecule has 6 nitrogen and oxygen atoms in total. The van der Waals surface area contributed by atoms with Crippen molar-refractivity contribution in [2.75, 3.05) is 30.7 Å². The molecule has 1 aliphatic rings. The molecule has 0 radical (unpaired) electrons. The Kier molecular flexibility index (Phi) is 4.52. The molecule has 2 heterocycles. The fourth-order valence-corrected chi connectivity index (χ4v) is 3.98. The molecule has 0 unspecified atom stereocenters. The van der Waals surface area contributed by atoms with Crippen LogP contribution < -0.4 is 5.32 Å². The molecule has 1 fully saturated rings. The maximum Gasteiger partial charge on any atom is 0.213 e. The molecule has 0 spiro atoms. The van der Waals surface area contributed by atoms with Crippen molar-refractivity contribution in [2.24, 2.45) is 5.92 Å². The number of rotatable bonds is 6. The van der Waals surface area contributed by atoms with Gasteiger partial charge in [-0.25, -0.2) is 17.7 Å². The molecule has 1 saturated heterocycles. The molecule has 1 aromatic heterocycles. The zero-order valence-corrected chi connectivity index (χ0v) is 13.9. The second-order valence-electron chi connectivity index (χ2n) is 5.81. The fraction of sp³-hybridized carbons (Fsp3) is 0.438. The normalized spacial score (nSPS) is 16.4. The molecule has 1 aromatic carbocycles. The minimum absolute atomic E-state index is 0.0822. The van der Waals surface area contributed by atoms with Crippen LogP contribution in [0.3, 0.4) is 0 Å². The number of sulfonamides is 1. The Balaban J connectivity index is 1.66. The third kappa shape index (κ3) is 3.31. The first-order chi connectivity index (χ1) is 11.0. The Hall–Kier alpha value is -1.70. The van der Waals surface area contributed by atoms with Crippen LogP contribution in [-0.4, -0.2) is 48.2 Å². The van der Waals surface area contributed by atoms with Crippen LogP contribution in [0.1, 0.15) is 12.5 Å². The molecule has 2 aromatic rings. The van der Waals surface area contributed by atoms with Crippen molar-refractivity contribution < 1.29 is 13.5 Å². The van der Waals surface area contributed by atoms with Crippen LogP contribution in [-0.2, 0) is 16.6 Å². The van der Waals surface area contributed by atoms with E-state index in [9.17, 15) is 13.5 Å². The molecule has 0 bridgehead atoms. The number of fused-ring (bicyclic) bond motifs is 1. The summed E-state index contributed by atoms with van der Waals surface area (Å²) in [5, 5.41) is 13.8. The van der Waals surface area contributed by atoms with Gasteiger partial charge >= 0.3 is 0 Å². The maximum absolute atomic E-state index is 11.7. The summed E-state index contributed by atoms with van der Waals surface area (Å²) < 4.78 is 24.9. The minimum Gasteiger partial charge on any atom is -0.392 e. The molecular formula is C16H21N3O3S. The van der Waals surface area contributed by atoms with Crippen molar-refractivity contribution in [1.82, 2.24) is 9.29 Å². The van der Waals surface area contributed by atoms with Gasteiger partial charge in [-0.1, -0.05) is 18.2 Å². The fourth-order valence-electron chi connectivity index (χ4n) is 2.74. The number of nitrogens with zero attached hydrogens (tertiary/aromatic N) is 2. The van der Waals surface area contributed by atoms with Gasteiger partial charge in [-0.15, -0.1) is 0 Å². The zero-order chi connectivity index (χ0) is 16.4. The van der Waals surface area contributed by atoms with E-state index in [1.807, 2.05) is 30.3 Å². The van der Waals surface area contributed by atoms with Crippen molar-refractivity contribution in [3.63, 3.8) is 0 Å². The van der Waals surface area contributed by atoms with Crippen LogP contribution in [0, 0.1) is 5.92 Å². The van der Waals surface area contributed by atoms with Gasteiger partial charge in [0.15, 0.2) is 0 Å². The molecule has 124 valence electrons. The van der Waals surface area contributed by atoms with E-state index >= 15 is 0 Å². The Morgan fingerprint density at radius 3 is 2.78 bits per heavy atom. The van der Waals surface area contributed by atoms with Gasteiger partial charge in [0.2, 0.25) is 10.0 Å². The summed E-state index contributed by atoms with van der Waals surface area (Å²) in [5.41, 5.74) is 1.62. The first-order valence-electron chi connectivity index (χ1n) is 7.74. The topological polar surface area (TPSA) is 82.5 Å². The minimum atomic E-state index is -3.07. The summed E-state index contributed by atoms with van der Waals surface area (Å²) in [6, 6.07) is 9.69. The second-order valence-corrected chi connectivity index (χ2v) is 8.07. The van der Waals surface area contributed by atoms with Gasteiger partial charge in [0, 0.05) is 36.5 Å². The quantitative estimate of drug-likeness (QED) is 0.834. The smallest absolute Gasteiger partial charge is 0.213 e. The Bertz CT molecular complexity index is 801. The van der Waals surface area contributed by atoms with Gasteiger partial charge in [-0.05, 0) is 19.1 Å². The lowest BCUT2D eigenvalue weighted by atomic mass is 10.0. The van der Waals surface area contributed by atoms with E-state index in [0.717, 1.165) is 16.5 Å². The summed E-state index contributed by atoms with van der Waals surface area (Å²) in [5.74, 6) is 1.09. The summed E-state index contributed by atoms with van der Waals surface area (Å²) >= 11 is 0. The molecule has 23 heavy (non-hydrogen) atoms. The van der Waals surface area contributed by atoms with Gasteiger partial charge < -0.3 is 10.4 Å². The van der Waals surface area contributed by atoms with Crippen molar-refractivity contribution in [3.05, 3.63) is 35.9 Å². The maximum atomic E-state index is 11.7. The van der Waals surface area contributed by atoms with Gasteiger partial charge in [-0.3, -0.25) is 0 Å². The van der Waals surface area contributed by atoms with Crippen molar-refractivity contribution in [1.29, 1.82) is 0 Å². The van der Waals surface area contributed by atoms with Crippen LogP contribution in [0.2, 0.25) is 0 Å². The van der Waals surface area contributed by atoms with E-state index in [1.165, 1.54) is 4.31 Å². The van der Waals surface area contributed by atoms with Gasteiger partial charge in [-0.2, -0.15) is 0 Å². The van der Waals surface area contributed by atoms with Crippen LogP contribution in [0.5, 0.6) is 0 Å². The lowest BCUT2D eigenvalue weighted by Gasteiger charge is -2.38. The Labute approximate surface area is 136 Å². The largest absolute Gasteiger partial charge is 0.392 e. The summed E-state index contributed by atoms with van der Waals surface area (Å²) in [6.07, 6.45) is 0. The third-order valence-electron chi connectivity index (χ3n) is 4.21. The number of aliphatic hydroxyl groups excluding tert-OH is 1. The Morgan fingerprint density at radius 2 is 2.09 bits per heavy atom. The summed E-state index contributed by atoms with van der Waals surface area (Å²) in [7, 11) is -3.07. The molecule has 0 saturated carbocycles. The number of nitrogens with one attached hydrogen (secondary N) is 1. The monoisotopic (exact) mass is 335 g/mol. The predicted molar refractivity (Wildman–Crippen MR) is 90.7 cm³/mol. The number of aromatic nitrogens is 1. The zero-order valence-electron chi connectivity index (χ0n) is 13.1. The number of hydrogen-bond donors (Lipinski definition) is 2. The Morgan fingerprint density at radius 1 is 1.35 bits per heavy atom. The highest BCUT2D eigenvalue weighted by Gasteiger charge is 2.34. The van der Waals surface area contributed by atoms with Crippen molar-refractivity contribution >= 4 is 26.7 Å². The van der Waals surface area contributed by atoms with Crippen LogP contribution in [0.25, 0.3) is 10.9 Å². The number of para-hydroxylation sites is 1. The molecule has 2 N–H and O–H groups in total. The standard InChI is InChI=1S/C16H21N3O3S/c1-2-23(21,22)19-9-12(10-19)8-17-16-14(11-20)7-13-5-3-4-6-15(13)18-16/h3-7,12,20H,2,8-11H2,1H3,(H,17,18). The summed E-state index contributed by atoms with van der Waals surface area (Å²) in [4.78, 5) is 4.56. The molecule has 1 aliphatic heterocycles. The second kappa shape index (κ2) is 6.43. The van der Waals surface area contributed by atoms with Gasteiger partial charge in [0.25, 0.3) is 0 Å². The molecule has 0 aliphatic carbocycles. The SMILES string of the molecule is CCS(=O)(=O)N1CC(CNc2nc3ccccc3cc2CO)C1. The predicted octanol–water partition coefficient (Wildman–Crippen LogP) is 1.42. The molecule has 0 amide bonds. The lowest BCUT2D eigenvalue weighted by molar-refractivity contribution is 0.211. The van der Waals surface area contributed by atoms with Crippen molar-refractivity contribution in [2.45, 2.75) is 13.5 Å². The first kappa shape index (κ1) is 16.2. The number of pyridine rings is 1. The van der Waals surface area contributed by atoms with Gasteiger partial charge in [0.1, 0.15) is 5.82 Å².